The van der Waals surface area contributed by atoms with Gasteiger partial charge in [-0.2, -0.15) is 0 Å². The molecular weight excluding hydrogens is 404 g/mol. The van der Waals surface area contributed by atoms with Gasteiger partial charge in [0.15, 0.2) is 0 Å². The minimum atomic E-state index is -3.08. The van der Waals surface area contributed by atoms with Crippen LogP contribution in [0, 0.1) is 5.92 Å². The van der Waals surface area contributed by atoms with E-state index in [0.717, 1.165) is 42.5 Å². The fourth-order valence-electron chi connectivity index (χ4n) is 4.32. The third kappa shape index (κ3) is 4.37. The summed E-state index contributed by atoms with van der Waals surface area (Å²) in [5.74, 6) is 0.172. The molecule has 0 unspecified atom stereocenters. The number of hydrogen-bond acceptors (Lipinski definition) is 6. The van der Waals surface area contributed by atoms with Crippen molar-refractivity contribution in [3.63, 3.8) is 0 Å². The van der Waals surface area contributed by atoms with Crippen LogP contribution in [0.25, 0.3) is 10.9 Å². The summed E-state index contributed by atoms with van der Waals surface area (Å²) in [6, 6.07) is 7.33. The van der Waals surface area contributed by atoms with Crippen LogP contribution in [-0.2, 0) is 16.4 Å². The minimum absolute atomic E-state index is 0.0603. The summed E-state index contributed by atoms with van der Waals surface area (Å²) in [5.41, 5.74) is 1.47. The first-order valence-corrected chi connectivity index (χ1v) is 12.5. The van der Waals surface area contributed by atoms with Crippen molar-refractivity contribution in [1.82, 2.24) is 15.2 Å². The highest BCUT2D eigenvalue weighted by atomic mass is 32.2. The number of nitrogens with one attached hydrogen (secondary N) is 2. The highest BCUT2D eigenvalue weighted by Crippen LogP contribution is 2.29. The number of amides is 1. The van der Waals surface area contributed by atoms with Crippen LogP contribution >= 0.6 is 0 Å². The number of piperidine rings is 1. The van der Waals surface area contributed by atoms with E-state index in [1.807, 2.05) is 23.1 Å². The van der Waals surface area contributed by atoms with E-state index in [0.29, 0.717) is 32.1 Å². The van der Waals surface area contributed by atoms with Crippen LogP contribution in [0.1, 0.15) is 23.2 Å². The molecule has 2 N–H and O–H groups in total. The van der Waals surface area contributed by atoms with E-state index >= 15 is 0 Å². The third-order valence-corrected chi connectivity index (χ3v) is 6.94. The van der Waals surface area contributed by atoms with E-state index < -0.39 is 9.84 Å². The Balaban J connectivity index is 1.61. The summed E-state index contributed by atoms with van der Waals surface area (Å²) in [7, 11) is -3.08. The second-order valence-corrected chi connectivity index (χ2v) is 10.5. The molecule has 0 bridgehead atoms. The number of para-hydroxylation sites is 1. The van der Waals surface area contributed by atoms with Crippen LogP contribution in [-0.4, -0.2) is 63.6 Å². The van der Waals surface area contributed by atoms with Crippen LogP contribution in [0.15, 0.2) is 29.1 Å². The van der Waals surface area contributed by atoms with Crippen molar-refractivity contribution >= 4 is 32.3 Å². The number of hydrogen-bond donors (Lipinski definition) is 2. The zero-order valence-corrected chi connectivity index (χ0v) is 18.0. The van der Waals surface area contributed by atoms with Gasteiger partial charge in [-0.25, -0.2) is 8.42 Å². The fourth-order valence-corrected chi connectivity index (χ4v) is 4.87. The van der Waals surface area contributed by atoms with E-state index in [4.69, 9.17) is 0 Å². The summed E-state index contributed by atoms with van der Waals surface area (Å²) in [4.78, 5) is 27.9. The molecule has 8 nitrogen and oxygen atoms in total. The Morgan fingerprint density at radius 3 is 2.73 bits per heavy atom. The minimum Gasteiger partial charge on any atom is -0.367 e. The number of anilines is 1. The molecule has 2 aliphatic rings. The normalized spacial score (nSPS) is 17.3. The maximum Gasteiger partial charge on any atom is 0.264 e. The maximum atomic E-state index is 13.1. The van der Waals surface area contributed by atoms with Crippen molar-refractivity contribution in [3.05, 3.63) is 40.2 Å². The van der Waals surface area contributed by atoms with Gasteiger partial charge in [-0.3, -0.25) is 9.59 Å². The van der Waals surface area contributed by atoms with Crippen molar-refractivity contribution < 1.29 is 13.2 Å². The molecule has 1 aromatic carbocycles. The van der Waals surface area contributed by atoms with E-state index in [2.05, 4.69) is 10.6 Å². The van der Waals surface area contributed by atoms with Crippen molar-refractivity contribution in [2.24, 2.45) is 5.92 Å². The van der Waals surface area contributed by atoms with Crippen molar-refractivity contribution in [2.75, 3.05) is 49.6 Å². The van der Waals surface area contributed by atoms with Gasteiger partial charge in [-0.15, -0.1) is 0 Å². The standard InChI is InChI=1S/C21H28N4O4S/c1-30(28,29)12-11-24-9-10-25-19-16(3-2-4-18(19)24)13-17(21(25)27)20(26)23-14-15-5-7-22-8-6-15/h2-4,13,15,22H,5-12,14H2,1H3,(H,23,26). The lowest BCUT2D eigenvalue weighted by Crippen LogP contribution is -2.42. The molecule has 0 atom stereocenters. The fraction of sp³-hybridized carbons (Fsp3) is 0.524. The van der Waals surface area contributed by atoms with Gasteiger partial charge in [0, 0.05) is 37.8 Å². The Morgan fingerprint density at radius 1 is 1.23 bits per heavy atom. The molecule has 1 fully saturated rings. The van der Waals surface area contributed by atoms with Crippen LogP contribution in [0.4, 0.5) is 5.69 Å². The smallest absolute Gasteiger partial charge is 0.264 e. The number of aromatic nitrogens is 1. The second kappa shape index (κ2) is 8.39. The lowest BCUT2D eigenvalue weighted by atomic mass is 9.98. The molecule has 4 rings (SSSR count). The molecule has 3 heterocycles. The Bertz CT molecular complexity index is 1120. The Morgan fingerprint density at radius 2 is 2.00 bits per heavy atom. The molecule has 30 heavy (non-hydrogen) atoms. The quantitative estimate of drug-likeness (QED) is 0.693. The summed E-state index contributed by atoms with van der Waals surface area (Å²) < 4.78 is 24.8. The van der Waals surface area contributed by atoms with Crippen molar-refractivity contribution in [3.8, 4) is 0 Å². The molecule has 0 spiro atoms. The van der Waals surface area contributed by atoms with E-state index in [9.17, 15) is 18.0 Å². The van der Waals surface area contributed by atoms with E-state index in [1.54, 1.807) is 10.6 Å². The number of sulfone groups is 1. The predicted molar refractivity (Wildman–Crippen MR) is 118 cm³/mol. The predicted octanol–water partition coefficient (Wildman–Crippen LogP) is 0.596. The zero-order valence-electron chi connectivity index (χ0n) is 17.2. The molecule has 1 aromatic heterocycles. The summed E-state index contributed by atoms with van der Waals surface area (Å²) in [5, 5.41) is 7.06. The van der Waals surface area contributed by atoms with E-state index in [-0.39, 0.29) is 22.8 Å². The topological polar surface area (TPSA) is 101 Å². The highest BCUT2D eigenvalue weighted by Gasteiger charge is 2.24. The molecule has 1 amide bonds. The van der Waals surface area contributed by atoms with Gasteiger partial charge in [-0.1, -0.05) is 12.1 Å². The number of nitrogens with zero attached hydrogens (tertiary/aromatic N) is 2. The van der Waals surface area contributed by atoms with E-state index in [1.165, 1.54) is 6.26 Å². The molecule has 0 saturated carbocycles. The Hall–Kier alpha value is -2.39. The van der Waals surface area contributed by atoms with Gasteiger partial charge < -0.3 is 20.1 Å². The maximum absolute atomic E-state index is 13.1. The average Bonchev–Trinajstić information content (AvgIpc) is 2.73. The Kier molecular flexibility index (Phi) is 5.84. The van der Waals surface area contributed by atoms with Crippen molar-refractivity contribution in [1.29, 1.82) is 0 Å². The molecule has 1 saturated heterocycles. The van der Waals surface area contributed by atoms with Crippen LogP contribution < -0.4 is 21.1 Å². The first-order chi connectivity index (χ1) is 14.3. The number of pyridine rings is 1. The Labute approximate surface area is 176 Å². The molecule has 162 valence electrons. The third-order valence-electron chi connectivity index (χ3n) is 6.01. The molecule has 0 radical (unpaired) electrons. The monoisotopic (exact) mass is 432 g/mol. The first kappa shape index (κ1) is 20.9. The van der Waals surface area contributed by atoms with Crippen molar-refractivity contribution in [2.45, 2.75) is 19.4 Å². The summed E-state index contributed by atoms with van der Waals surface area (Å²) >= 11 is 0. The lowest BCUT2D eigenvalue weighted by Gasteiger charge is -2.32. The van der Waals surface area contributed by atoms with Crippen LogP contribution in [0.2, 0.25) is 0 Å². The second-order valence-electron chi connectivity index (χ2n) is 8.25. The molecular formula is C21H28N4O4S. The first-order valence-electron chi connectivity index (χ1n) is 10.4. The molecule has 0 aliphatic carbocycles. The largest absolute Gasteiger partial charge is 0.367 e. The number of rotatable bonds is 6. The van der Waals surface area contributed by atoms with Gasteiger partial charge in [-0.05, 0) is 44.0 Å². The number of carbonyl (C=O) groups is 1. The summed E-state index contributed by atoms with van der Waals surface area (Å²) in [6.07, 6.45) is 3.27. The van der Waals surface area contributed by atoms with Gasteiger partial charge >= 0.3 is 0 Å². The molecule has 2 aliphatic heterocycles. The van der Waals surface area contributed by atoms with Gasteiger partial charge in [0.1, 0.15) is 15.4 Å². The summed E-state index contributed by atoms with van der Waals surface area (Å²) in [6.45, 7) is 3.83. The van der Waals surface area contributed by atoms with Gasteiger partial charge in [0.25, 0.3) is 11.5 Å². The van der Waals surface area contributed by atoms with Crippen LogP contribution in [0.3, 0.4) is 0 Å². The van der Waals surface area contributed by atoms with Gasteiger partial charge in [0.2, 0.25) is 0 Å². The highest BCUT2D eigenvalue weighted by molar-refractivity contribution is 7.90. The number of carbonyl (C=O) groups excluding carboxylic acids is 1. The van der Waals surface area contributed by atoms with Gasteiger partial charge in [0.05, 0.1) is 17.0 Å². The lowest BCUT2D eigenvalue weighted by molar-refractivity contribution is 0.0942. The zero-order chi connectivity index (χ0) is 21.3. The SMILES string of the molecule is CS(=O)(=O)CCN1CCn2c(=O)c(C(=O)NCC3CCNCC3)cc3cccc1c32. The molecule has 9 heteroatoms. The molecule has 2 aromatic rings. The average molecular weight is 433 g/mol. The van der Waals surface area contributed by atoms with Crippen LogP contribution in [0.5, 0.6) is 0 Å². The number of benzene rings is 1.